The Balaban J connectivity index is 1.98. The van der Waals surface area contributed by atoms with Gasteiger partial charge in [-0.1, -0.05) is 30.3 Å². The van der Waals surface area contributed by atoms with Crippen LogP contribution in [0.5, 0.6) is 0 Å². The van der Waals surface area contributed by atoms with Crippen LogP contribution in [0.4, 0.5) is 11.4 Å². The molecule has 5 heteroatoms. The molecular weight excluding hydrogens is 226 g/mol. The average Bonchev–Trinajstić information content (AvgIpc) is 2.94. The number of tetrazole rings is 1. The number of aromatic amines is 1. The molecule has 0 saturated heterocycles. The van der Waals surface area contributed by atoms with Gasteiger partial charge in [0.2, 0.25) is 5.82 Å². The number of nitrogens with zero attached hydrogens (tertiary/aromatic N) is 3. The van der Waals surface area contributed by atoms with E-state index in [-0.39, 0.29) is 0 Å². The summed E-state index contributed by atoms with van der Waals surface area (Å²) in [6, 6.07) is 17.8. The zero-order valence-electron chi connectivity index (χ0n) is 9.54. The monoisotopic (exact) mass is 237 g/mol. The Kier molecular flexibility index (Phi) is 2.71. The first-order valence-electron chi connectivity index (χ1n) is 5.58. The fourth-order valence-electron chi connectivity index (χ4n) is 1.74. The fraction of sp³-hybridized carbons (Fsp3) is 0. The predicted molar refractivity (Wildman–Crippen MR) is 69.3 cm³/mol. The van der Waals surface area contributed by atoms with Gasteiger partial charge in [-0.2, -0.15) is 5.21 Å². The highest BCUT2D eigenvalue weighted by molar-refractivity contribution is 5.77. The molecule has 0 amide bonds. The maximum Gasteiger partial charge on any atom is 0.206 e. The van der Waals surface area contributed by atoms with E-state index >= 15 is 0 Å². The maximum atomic E-state index is 4.00. The summed E-state index contributed by atoms with van der Waals surface area (Å²) in [5.41, 5.74) is 2.88. The predicted octanol–water partition coefficient (Wildman–Crippen LogP) is 2.61. The van der Waals surface area contributed by atoms with E-state index in [4.69, 9.17) is 0 Å². The Bertz CT molecular complexity index is 619. The van der Waals surface area contributed by atoms with Crippen LogP contribution in [0, 0.1) is 0 Å². The first-order chi connectivity index (χ1) is 8.93. The van der Waals surface area contributed by atoms with Gasteiger partial charge < -0.3 is 5.32 Å². The van der Waals surface area contributed by atoms with Crippen molar-refractivity contribution in [2.45, 2.75) is 0 Å². The molecule has 2 aromatic carbocycles. The van der Waals surface area contributed by atoms with Crippen LogP contribution in [0.1, 0.15) is 0 Å². The molecule has 5 nitrogen and oxygen atoms in total. The molecule has 88 valence electrons. The van der Waals surface area contributed by atoms with Gasteiger partial charge in [0.05, 0.1) is 0 Å². The lowest BCUT2D eigenvalue weighted by atomic mass is 10.1. The molecule has 0 fully saturated rings. The van der Waals surface area contributed by atoms with Crippen LogP contribution in [-0.4, -0.2) is 20.6 Å². The second kappa shape index (κ2) is 4.67. The smallest absolute Gasteiger partial charge is 0.206 e. The molecule has 0 aliphatic carbocycles. The van der Waals surface area contributed by atoms with Crippen LogP contribution >= 0.6 is 0 Å². The number of aromatic nitrogens is 4. The maximum absolute atomic E-state index is 4.00. The number of benzene rings is 2. The van der Waals surface area contributed by atoms with Crippen molar-refractivity contribution < 1.29 is 0 Å². The standard InChI is InChI=1S/C13H11N5/c1-2-6-10(7-3-1)14-12-9-5-4-8-11(12)13-15-17-18-16-13/h1-9,14H,(H,15,16,17,18). The highest BCUT2D eigenvalue weighted by atomic mass is 15.5. The van der Waals surface area contributed by atoms with Crippen LogP contribution in [-0.2, 0) is 0 Å². The van der Waals surface area contributed by atoms with E-state index in [0.29, 0.717) is 5.82 Å². The summed E-state index contributed by atoms with van der Waals surface area (Å²) in [5, 5.41) is 17.4. The van der Waals surface area contributed by atoms with E-state index in [1.165, 1.54) is 0 Å². The number of rotatable bonds is 3. The second-order valence-electron chi connectivity index (χ2n) is 3.77. The van der Waals surface area contributed by atoms with Crippen molar-refractivity contribution in [2.24, 2.45) is 0 Å². The third-order valence-corrected chi connectivity index (χ3v) is 2.57. The summed E-state index contributed by atoms with van der Waals surface area (Å²) >= 11 is 0. The summed E-state index contributed by atoms with van der Waals surface area (Å²) in [6.45, 7) is 0. The SMILES string of the molecule is c1ccc(Nc2ccccc2-c2nn[nH]n2)cc1. The lowest BCUT2D eigenvalue weighted by Gasteiger charge is -2.09. The molecule has 0 saturated carbocycles. The number of nitrogens with one attached hydrogen (secondary N) is 2. The number of anilines is 2. The van der Waals surface area contributed by atoms with Gasteiger partial charge in [-0.3, -0.25) is 0 Å². The van der Waals surface area contributed by atoms with Gasteiger partial charge in [0.15, 0.2) is 0 Å². The Labute approximate surface area is 104 Å². The number of para-hydroxylation sites is 2. The van der Waals surface area contributed by atoms with Crippen LogP contribution in [0.3, 0.4) is 0 Å². The van der Waals surface area contributed by atoms with E-state index in [9.17, 15) is 0 Å². The third kappa shape index (κ3) is 2.06. The molecule has 0 aliphatic rings. The summed E-state index contributed by atoms with van der Waals surface area (Å²) in [6.07, 6.45) is 0. The van der Waals surface area contributed by atoms with Crippen LogP contribution in [0.2, 0.25) is 0 Å². The molecule has 0 bridgehead atoms. The lowest BCUT2D eigenvalue weighted by molar-refractivity contribution is 0.881. The highest BCUT2D eigenvalue weighted by Gasteiger charge is 2.08. The van der Waals surface area contributed by atoms with Crippen molar-refractivity contribution in [3.05, 3.63) is 54.6 Å². The van der Waals surface area contributed by atoms with Crippen LogP contribution < -0.4 is 5.32 Å². The Morgan fingerprint density at radius 1 is 0.889 bits per heavy atom. The molecular formula is C13H11N5. The normalized spacial score (nSPS) is 10.2. The van der Waals surface area contributed by atoms with Gasteiger partial charge >= 0.3 is 0 Å². The van der Waals surface area contributed by atoms with Gasteiger partial charge in [-0.25, -0.2) is 0 Å². The van der Waals surface area contributed by atoms with Crippen LogP contribution in [0.15, 0.2) is 54.6 Å². The van der Waals surface area contributed by atoms with E-state index in [2.05, 4.69) is 25.9 Å². The van der Waals surface area contributed by atoms with E-state index < -0.39 is 0 Å². The molecule has 1 heterocycles. The highest BCUT2D eigenvalue weighted by Crippen LogP contribution is 2.26. The molecule has 0 spiro atoms. The molecule has 0 atom stereocenters. The summed E-state index contributed by atoms with van der Waals surface area (Å²) in [5.74, 6) is 0.578. The largest absolute Gasteiger partial charge is 0.355 e. The van der Waals surface area contributed by atoms with Crippen molar-refractivity contribution in [1.82, 2.24) is 20.6 Å². The Morgan fingerprint density at radius 3 is 2.44 bits per heavy atom. The molecule has 1 aromatic heterocycles. The Hall–Kier alpha value is -2.69. The van der Waals surface area contributed by atoms with Crippen molar-refractivity contribution in [2.75, 3.05) is 5.32 Å². The molecule has 2 N–H and O–H groups in total. The summed E-state index contributed by atoms with van der Waals surface area (Å²) < 4.78 is 0. The first kappa shape index (κ1) is 10.5. The topological polar surface area (TPSA) is 66.5 Å². The van der Waals surface area contributed by atoms with E-state index in [0.717, 1.165) is 16.9 Å². The van der Waals surface area contributed by atoms with Crippen LogP contribution in [0.25, 0.3) is 11.4 Å². The minimum Gasteiger partial charge on any atom is -0.355 e. The molecule has 0 radical (unpaired) electrons. The number of hydrogen-bond acceptors (Lipinski definition) is 4. The minimum absolute atomic E-state index is 0.578. The molecule has 0 aliphatic heterocycles. The molecule has 3 aromatic rings. The van der Waals surface area contributed by atoms with E-state index in [1.54, 1.807) is 0 Å². The zero-order chi connectivity index (χ0) is 12.2. The second-order valence-corrected chi connectivity index (χ2v) is 3.77. The van der Waals surface area contributed by atoms with Gasteiger partial charge in [-0.15, -0.1) is 10.2 Å². The molecule has 0 unspecified atom stereocenters. The fourth-order valence-corrected chi connectivity index (χ4v) is 1.74. The molecule has 18 heavy (non-hydrogen) atoms. The molecule has 3 rings (SSSR count). The number of hydrogen-bond donors (Lipinski definition) is 2. The van der Waals surface area contributed by atoms with Crippen molar-refractivity contribution in [1.29, 1.82) is 0 Å². The van der Waals surface area contributed by atoms with Gasteiger partial charge in [0, 0.05) is 16.9 Å². The van der Waals surface area contributed by atoms with Crippen molar-refractivity contribution in [3.8, 4) is 11.4 Å². The average molecular weight is 237 g/mol. The quantitative estimate of drug-likeness (QED) is 0.734. The first-order valence-corrected chi connectivity index (χ1v) is 5.58. The minimum atomic E-state index is 0.578. The Morgan fingerprint density at radius 2 is 1.67 bits per heavy atom. The lowest BCUT2D eigenvalue weighted by Crippen LogP contribution is -1.93. The summed E-state index contributed by atoms with van der Waals surface area (Å²) in [4.78, 5) is 0. The third-order valence-electron chi connectivity index (χ3n) is 2.57. The van der Waals surface area contributed by atoms with Gasteiger partial charge in [0.1, 0.15) is 0 Å². The van der Waals surface area contributed by atoms with E-state index in [1.807, 2.05) is 54.6 Å². The number of H-pyrrole nitrogens is 1. The van der Waals surface area contributed by atoms with Crippen molar-refractivity contribution in [3.63, 3.8) is 0 Å². The van der Waals surface area contributed by atoms with Crippen molar-refractivity contribution >= 4 is 11.4 Å². The zero-order valence-corrected chi connectivity index (χ0v) is 9.54. The van der Waals surface area contributed by atoms with Gasteiger partial charge in [0.25, 0.3) is 0 Å². The summed E-state index contributed by atoms with van der Waals surface area (Å²) in [7, 11) is 0. The van der Waals surface area contributed by atoms with Gasteiger partial charge in [-0.05, 0) is 29.5 Å².